The number of unbranched alkanes of at least 4 members (excludes halogenated alkanes) is 3. The number of nitrogens with zero attached hydrogens (tertiary/aromatic N) is 3. The molecule has 1 aromatic carbocycles. The van der Waals surface area contributed by atoms with Gasteiger partial charge in [0.1, 0.15) is 6.17 Å². The number of ketones is 1. The molecule has 7 nitrogen and oxygen atoms in total. The van der Waals surface area contributed by atoms with E-state index in [9.17, 15) is 9.59 Å². The number of aromatic nitrogens is 1. The fourth-order valence-electron chi connectivity index (χ4n) is 5.05. The summed E-state index contributed by atoms with van der Waals surface area (Å²) in [5.74, 6) is 0.0485. The lowest BCUT2D eigenvalue weighted by molar-refractivity contribution is -0.148. The average Bonchev–Trinajstić information content (AvgIpc) is 3.31. The van der Waals surface area contributed by atoms with E-state index in [2.05, 4.69) is 35.6 Å². The predicted octanol–water partition coefficient (Wildman–Crippen LogP) is 3.77. The summed E-state index contributed by atoms with van der Waals surface area (Å²) in [6.45, 7) is 3.69. The minimum atomic E-state index is -0.159. The highest BCUT2D eigenvalue weighted by Gasteiger charge is 2.34. The molecule has 178 valence electrons. The Bertz CT molecular complexity index is 1030. The topological polar surface area (TPSA) is 80.8 Å². The lowest BCUT2D eigenvalue weighted by Gasteiger charge is -2.33. The number of hydrogen-bond donors (Lipinski definition) is 1. The molecule has 1 aliphatic carbocycles. The Morgan fingerprint density at radius 1 is 1.12 bits per heavy atom. The molecule has 2 aromatic rings. The van der Waals surface area contributed by atoms with Crippen LogP contribution in [0, 0.1) is 5.92 Å². The molecule has 1 aromatic heterocycles. The number of carbonyl (C=O) groups is 2. The van der Waals surface area contributed by atoms with Crippen LogP contribution in [0.5, 0.6) is 0 Å². The molecule has 0 spiro atoms. The number of benzene rings is 1. The van der Waals surface area contributed by atoms with Crippen LogP contribution < -0.4 is 5.73 Å². The first-order valence-electron chi connectivity index (χ1n) is 12.2. The zero-order valence-corrected chi connectivity index (χ0v) is 19.8. The van der Waals surface area contributed by atoms with E-state index in [1.807, 2.05) is 29.4 Å². The molecule has 7 heteroatoms. The first-order chi connectivity index (χ1) is 16.0. The highest BCUT2D eigenvalue weighted by atomic mass is 16.5. The Hall–Kier alpha value is -2.80. The van der Waals surface area contributed by atoms with Crippen molar-refractivity contribution in [2.45, 2.75) is 58.0 Å². The van der Waals surface area contributed by atoms with Crippen LogP contribution >= 0.6 is 0 Å². The normalized spacial score (nSPS) is 20.0. The lowest BCUT2D eigenvalue weighted by Crippen LogP contribution is -2.41. The number of esters is 1. The molecule has 2 N–H and O–H groups in total. The van der Waals surface area contributed by atoms with Gasteiger partial charge in [0.05, 0.1) is 0 Å². The van der Waals surface area contributed by atoms with E-state index >= 15 is 0 Å². The van der Waals surface area contributed by atoms with Gasteiger partial charge in [0.25, 0.3) is 0 Å². The number of aryl methyl sites for hydroxylation is 1. The second-order valence-corrected chi connectivity index (χ2v) is 9.24. The number of para-hydroxylation sites is 1. The van der Waals surface area contributed by atoms with Crippen molar-refractivity contribution in [3.8, 4) is 0 Å². The van der Waals surface area contributed by atoms with Crippen LogP contribution in [0.2, 0.25) is 0 Å². The second kappa shape index (κ2) is 10.4. The highest BCUT2D eigenvalue weighted by molar-refractivity contribution is 6.11. The van der Waals surface area contributed by atoms with Crippen molar-refractivity contribution in [2.75, 3.05) is 19.8 Å². The van der Waals surface area contributed by atoms with Gasteiger partial charge in [0, 0.05) is 60.5 Å². The van der Waals surface area contributed by atoms with E-state index in [-0.39, 0.29) is 30.6 Å². The smallest absolute Gasteiger partial charge is 0.307 e. The van der Waals surface area contributed by atoms with Gasteiger partial charge in [-0.3, -0.25) is 9.59 Å². The Morgan fingerprint density at radius 3 is 2.70 bits per heavy atom. The van der Waals surface area contributed by atoms with Crippen molar-refractivity contribution in [1.29, 1.82) is 0 Å². The van der Waals surface area contributed by atoms with Gasteiger partial charge in [-0.05, 0) is 45.2 Å². The zero-order valence-electron chi connectivity index (χ0n) is 19.8. The van der Waals surface area contributed by atoms with Crippen LogP contribution in [0.4, 0.5) is 0 Å². The third-order valence-electron chi connectivity index (χ3n) is 7.13. The van der Waals surface area contributed by atoms with E-state index in [4.69, 9.17) is 10.5 Å². The van der Waals surface area contributed by atoms with Crippen molar-refractivity contribution in [2.24, 2.45) is 18.7 Å². The molecule has 0 fully saturated rings. The molecule has 33 heavy (non-hydrogen) atoms. The molecular formula is C26H36N4O3. The summed E-state index contributed by atoms with van der Waals surface area (Å²) in [6.07, 6.45) is 10.1. The monoisotopic (exact) mass is 452 g/mol. The van der Waals surface area contributed by atoms with Crippen molar-refractivity contribution >= 4 is 22.7 Å². The van der Waals surface area contributed by atoms with Crippen molar-refractivity contribution in [3.63, 3.8) is 0 Å². The molecular weight excluding hydrogens is 416 g/mol. The number of ether oxygens (including phenoxy) is 1. The summed E-state index contributed by atoms with van der Waals surface area (Å²) in [5.41, 5.74) is 8.67. The van der Waals surface area contributed by atoms with Crippen molar-refractivity contribution < 1.29 is 14.3 Å². The molecule has 0 amide bonds. The number of nitrogens with two attached hydrogens (primary N) is 1. The van der Waals surface area contributed by atoms with Crippen LogP contribution in [-0.4, -0.2) is 52.1 Å². The van der Waals surface area contributed by atoms with Gasteiger partial charge in [0.15, 0.2) is 12.5 Å². The number of fused-ring (bicyclic) bond motifs is 3. The molecule has 1 aliphatic heterocycles. The Kier molecular flexibility index (Phi) is 7.38. The fourth-order valence-corrected chi connectivity index (χ4v) is 5.05. The summed E-state index contributed by atoms with van der Waals surface area (Å²) >= 11 is 0. The molecule has 2 aliphatic rings. The van der Waals surface area contributed by atoms with Gasteiger partial charge in [-0.25, -0.2) is 0 Å². The van der Waals surface area contributed by atoms with Crippen LogP contribution in [0.15, 0.2) is 36.7 Å². The molecule has 4 rings (SSSR count). The summed E-state index contributed by atoms with van der Waals surface area (Å²) < 4.78 is 7.65. The van der Waals surface area contributed by atoms with E-state index in [1.165, 1.54) is 0 Å². The SMILES string of the molecule is CC1N(COC(=O)CCCCCCN)C=CN1CC1CCc2c(c3ccccc3n2C)C1=O. The van der Waals surface area contributed by atoms with Crippen LogP contribution in [0.25, 0.3) is 10.9 Å². The summed E-state index contributed by atoms with van der Waals surface area (Å²) in [4.78, 5) is 29.7. The minimum Gasteiger partial charge on any atom is -0.444 e. The van der Waals surface area contributed by atoms with E-state index in [0.717, 1.165) is 60.7 Å². The quantitative estimate of drug-likeness (QED) is 0.437. The molecule has 2 unspecified atom stereocenters. The minimum absolute atomic E-state index is 0.0357. The van der Waals surface area contributed by atoms with E-state index < -0.39 is 0 Å². The van der Waals surface area contributed by atoms with E-state index in [0.29, 0.717) is 19.5 Å². The maximum atomic E-state index is 13.4. The van der Waals surface area contributed by atoms with Gasteiger partial charge in [0.2, 0.25) is 0 Å². The molecule has 2 atom stereocenters. The lowest BCUT2D eigenvalue weighted by atomic mass is 9.84. The molecule has 0 bridgehead atoms. The van der Waals surface area contributed by atoms with Gasteiger partial charge in [-0.15, -0.1) is 0 Å². The van der Waals surface area contributed by atoms with Gasteiger partial charge < -0.3 is 24.8 Å². The molecule has 0 saturated carbocycles. The second-order valence-electron chi connectivity index (χ2n) is 9.24. The zero-order chi connectivity index (χ0) is 23.4. The largest absolute Gasteiger partial charge is 0.444 e. The Morgan fingerprint density at radius 2 is 1.88 bits per heavy atom. The summed E-state index contributed by atoms with van der Waals surface area (Å²) in [7, 11) is 2.05. The van der Waals surface area contributed by atoms with Gasteiger partial charge in [-0.2, -0.15) is 0 Å². The number of rotatable bonds is 10. The summed E-state index contributed by atoms with van der Waals surface area (Å²) in [5, 5.41) is 1.06. The molecule has 2 heterocycles. The standard InChI is InChI=1S/C26H36N4O3/c1-19-29(15-16-30(19)18-33-24(31)11-5-3-4-8-14-27)17-20-12-13-23-25(26(20)32)21-9-6-7-10-22(21)28(23)2/h6-7,9-10,15-16,19-20H,3-5,8,11-14,17-18,27H2,1-2H3. The molecule has 0 radical (unpaired) electrons. The van der Waals surface area contributed by atoms with Crippen LogP contribution in [0.1, 0.15) is 61.5 Å². The Balaban J connectivity index is 1.29. The first-order valence-corrected chi connectivity index (χ1v) is 12.2. The van der Waals surface area contributed by atoms with E-state index in [1.54, 1.807) is 0 Å². The van der Waals surface area contributed by atoms with Crippen LogP contribution in [0.3, 0.4) is 0 Å². The first kappa shape index (κ1) is 23.4. The van der Waals surface area contributed by atoms with Gasteiger partial charge in [-0.1, -0.05) is 31.0 Å². The number of hydrogen-bond acceptors (Lipinski definition) is 6. The van der Waals surface area contributed by atoms with Crippen molar-refractivity contribution in [1.82, 2.24) is 14.4 Å². The summed E-state index contributed by atoms with van der Waals surface area (Å²) in [6, 6.07) is 8.17. The fraction of sp³-hybridized carbons (Fsp3) is 0.538. The highest BCUT2D eigenvalue weighted by Crippen LogP contribution is 2.34. The molecule has 0 saturated heterocycles. The third kappa shape index (κ3) is 4.93. The third-order valence-corrected chi connectivity index (χ3v) is 7.13. The van der Waals surface area contributed by atoms with Gasteiger partial charge >= 0.3 is 5.97 Å². The predicted molar refractivity (Wildman–Crippen MR) is 129 cm³/mol. The number of carbonyl (C=O) groups excluding carboxylic acids is 2. The van der Waals surface area contributed by atoms with Crippen LogP contribution in [-0.2, 0) is 23.0 Å². The Labute approximate surface area is 196 Å². The van der Waals surface area contributed by atoms with Crippen molar-refractivity contribution in [3.05, 3.63) is 47.9 Å². The average molecular weight is 453 g/mol. The number of Topliss-reactive ketones (excluding diaryl/α,β-unsaturated/α-hetero) is 1. The maximum absolute atomic E-state index is 13.4. The maximum Gasteiger partial charge on any atom is 0.307 e.